The first-order chi connectivity index (χ1) is 9.08. The molecule has 0 fully saturated rings. The van der Waals surface area contributed by atoms with Gasteiger partial charge >= 0.3 is 0 Å². The fourth-order valence-electron chi connectivity index (χ4n) is 2.28. The lowest BCUT2D eigenvalue weighted by molar-refractivity contribution is 0.412. The van der Waals surface area contributed by atoms with Gasteiger partial charge in [0.2, 0.25) is 0 Å². The van der Waals surface area contributed by atoms with Gasteiger partial charge < -0.3 is 14.6 Å². The SMILES string of the molecule is CNCc1c(-c2ccc(OC)c(C)c2)nc(C)n1C. The van der Waals surface area contributed by atoms with Crippen molar-refractivity contribution in [1.82, 2.24) is 14.9 Å². The molecule has 0 radical (unpaired) electrons. The molecule has 0 atom stereocenters. The highest BCUT2D eigenvalue weighted by Gasteiger charge is 2.14. The Morgan fingerprint density at radius 2 is 2.05 bits per heavy atom. The number of imidazole rings is 1. The van der Waals surface area contributed by atoms with Crippen molar-refractivity contribution >= 4 is 0 Å². The second-order valence-corrected chi connectivity index (χ2v) is 4.73. The van der Waals surface area contributed by atoms with Crippen LogP contribution in [-0.2, 0) is 13.6 Å². The molecular weight excluding hydrogens is 238 g/mol. The molecule has 0 saturated heterocycles. The van der Waals surface area contributed by atoms with Crippen molar-refractivity contribution in [3.8, 4) is 17.0 Å². The molecule has 0 unspecified atom stereocenters. The van der Waals surface area contributed by atoms with Gasteiger partial charge in [-0.25, -0.2) is 4.98 Å². The molecule has 1 aromatic carbocycles. The quantitative estimate of drug-likeness (QED) is 0.916. The molecule has 0 bridgehead atoms. The highest BCUT2D eigenvalue weighted by molar-refractivity contribution is 5.65. The van der Waals surface area contributed by atoms with Crippen molar-refractivity contribution in [2.45, 2.75) is 20.4 Å². The zero-order valence-electron chi connectivity index (χ0n) is 12.2. The molecule has 1 aromatic heterocycles. The van der Waals surface area contributed by atoms with Gasteiger partial charge in [0, 0.05) is 19.2 Å². The molecule has 4 heteroatoms. The Morgan fingerprint density at radius 3 is 2.63 bits per heavy atom. The molecule has 1 N–H and O–H groups in total. The van der Waals surface area contributed by atoms with Crippen molar-refractivity contribution in [3.63, 3.8) is 0 Å². The molecule has 2 aromatic rings. The van der Waals surface area contributed by atoms with Crippen LogP contribution in [0, 0.1) is 13.8 Å². The predicted octanol–water partition coefficient (Wildman–Crippen LogP) is 2.43. The number of aryl methyl sites for hydroxylation is 2. The zero-order chi connectivity index (χ0) is 14.0. The van der Waals surface area contributed by atoms with Gasteiger partial charge in [0.15, 0.2) is 0 Å². The first kappa shape index (κ1) is 13.6. The maximum absolute atomic E-state index is 5.30. The van der Waals surface area contributed by atoms with Crippen LogP contribution in [0.25, 0.3) is 11.3 Å². The van der Waals surface area contributed by atoms with Gasteiger partial charge in [-0.3, -0.25) is 0 Å². The molecule has 0 aliphatic carbocycles. The van der Waals surface area contributed by atoms with Crippen molar-refractivity contribution in [2.75, 3.05) is 14.2 Å². The van der Waals surface area contributed by atoms with Gasteiger partial charge in [0.1, 0.15) is 11.6 Å². The molecule has 0 amide bonds. The monoisotopic (exact) mass is 259 g/mol. The van der Waals surface area contributed by atoms with Crippen molar-refractivity contribution in [2.24, 2.45) is 7.05 Å². The highest BCUT2D eigenvalue weighted by Crippen LogP contribution is 2.28. The summed E-state index contributed by atoms with van der Waals surface area (Å²) in [5, 5.41) is 3.20. The van der Waals surface area contributed by atoms with Crippen LogP contribution < -0.4 is 10.1 Å². The van der Waals surface area contributed by atoms with Crippen molar-refractivity contribution < 1.29 is 4.74 Å². The number of benzene rings is 1. The average molecular weight is 259 g/mol. The van der Waals surface area contributed by atoms with E-state index in [0.717, 1.165) is 34.9 Å². The Bertz CT molecular complexity index is 587. The second-order valence-electron chi connectivity index (χ2n) is 4.73. The standard InChI is InChI=1S/C15H21N3O/c1-10-8-12(6-7-14(10)19-5)15-13(9-16-3)18(4)11(2)17-15/h6-8,16H,9H2,1-5H3. The van der Waals surface area contributed by atoms with Crippen LogP contribution in [-0.4, -0.2) is 23.7 Å². The Kier molecular flexibility index (Phi) is 3.90. The summed E-state index contributed by atoms with van der Waals surface area (Å²) in [5.74, 6) is 1.93. The Morgan fingerprint density at radius 1 is 1.32 bits per heavy atom. The summed E-state index contributed by atoms with van der Waals surface area (Å²) < 4.78 is 7.43. The summed E-state index contributed by atoms with van der Waals surface area (Å²) in [4.78, 5) is 4.68. The van der Waals surface area contributed by atoms with Crippen LogP contribution >= 0.6 is 0 Å². The van der Waals surface area contributed by atoms with Crippen LogP contribution in [0.2, 0.25) is 0 Å². The molecule has 0 spiro atoms. The Balaban J connectivity index is 2.52. The third-order valence-corrected chi connectivity index (χ3v) is 3.45. The second kappa shape index (κ2) is 5.45. The van der Waals surface area contributed by atoms with Crippen molar-refractivity contribution in [3.05, 3.63) is 35.3 Å². The van der Waals surface area contributed by atoms with Gasteiger partial charge in [-0.2, -0.15) is 0 Å². The summed E-state index contributed by atoms with van der Waals surface area (Å²) in [6, 6.07) is 6.18. The maximum Gasteiger partial charge on any atom is 0.121 e. The Labute approximate surface area is 114 Å². The fourth-order valence-corrected chi connectivity index (χ4v) is 2.28. The van der Waals surface area contributed by atoms with Gasteiger partial charge in [0.05, 0.1) is 18.5 Å². The van der Waals surface area contributed by atoms with E-state index in [2.05, 4.69) is 41.0 Å². The van der Waals surface area contributed by atoms with E-state index >= 15 is 0 Å². The van der Waals surface area contributed by atoms with E-state index in [0.29, 0.717) is 0 Å². The summed E-state index contributed by atoms with van der Waals surface area (Å²) in [6.07, 6.45) is 0. The van der Waals surface area contributed by atoms with Gasteiger partial charge in [0.25, 0.3) is 0 Å². The largest absolute Gasteiger partial charge is 0.496 e. The molecule has 0 saturated carbocycles. The normalized spacial score (nSPS) is 10.8. The third kappa shape index (κ3) is 2.49. The van der Waals surface area contributed by atoms with Crippen LogP contribution in [0.15, 0.2) is 18.2 Å². The fraction of sp³-hybridized carbons (Fsp3) is 0.400. The minimum absolute atomic E-state index is 0.803. The summed E-state index contributed by atoms with van der Waals surface area (Å²) in [7, 11) is 5.69. The van der Waals surface area contributed by atoms with Crippen molar-refractivity contribution in [1.29, 1.82) is 0 Å². The lowest BCUT2D eigenvalue weighted by atomic mass is 10.1. The van der Waals surface area contributed by atoms with Crippen LogP contribution in [0.4, 0.5) is 0 Å². The van der Waals surface area contributed by atoms with Gasteiger partial charge in [-0.1, -0.05) is 0 Å². The smallest absolute Gasteiger partial charge is 0.121 e. The number of nitrogens with zero attached hydrogens (tertiary/aromatic N) is 2. The lowest BCUT2D eigenvalue weighted by Crippen LogP contribution is -2.10. The summed E-state index contributed by atoms with van der Waals surface area (Å²) in [6.45, 7) is 4.88. The van der Waals surface area contributed by atoms with E-state index in [1.807, 2.05) is 20.0 Å². The van der Waals surface area contributed by atoms with Gasteiger partial charge in [-0.05, 0) is 44.7 Å². The van der Waals surface area contributed by atoms with E-state index in [1.54, 1.807) is 7.11 Å². The maximum atomic E-state index is 5.30. The molecule has 19 heavy (non-hydrogen) atoms. The summed E-state index contributed by atoms with van der Waals surface area (Å²) in [5.41, 5.74) is 4.50. The van der Waals surface area contributed by atoms with Crippen LogP contribution in [0.5, 0.6) is 5.75 Å². The number of methoxy groups -OCH3 is 1. The topological polar surface area (TPSA) is 39.1 Å². The van der Waals surface area contributed by atoms with E-state index in [-0.39, 0.29) is 0 Å². The van der Waals surface area contributed by atoms with E-state index in [4.69, 9.17) is 4.74 Å². The number of ether oxygens (including phenoxy) is 1. The Hall–Kier alpha value is -1.81. The third-order valence-electron chi connectivity index (χ3n) is 3.45. The number of hydrogen-bond acceptors (Lipinski definition) is 3. The van der Waals surface area contributed by atoms with Crippen LogP contribution in [0.1, 0.15) is 17.1 Å². The lowest BCUT2D eigenvalue weighted by Gasteiger charge is -2.09. The molecule has 2 rings (SSSR count). The van der Waals surface area contributed by atoms with Gasteiger partial charge in [-0.15, -0.1) is 0 Å². The molecule has 0 aliphatic heterocycles. The number of rotatable bonds is 4. The van der Waals surface area contributed by atoms with E-state index < -0.39 is 0 Å². The molecule has 102 valence electrons. The summed E-state index contributed by atoms with van der Waals surface area (Å²) >= 11 is 0. The minimum Gasteiger partial charge on any atom is -0.496 e. The van der Waals surface area contributed by atoms with Crippen LogP contribution in [0.3, 0.4) is 0 Å². The first-order valence-corrected chi connectivity index (χ1v) is 6.40. The van der Waals surface area contributed by atoms with E-state index in [1.165, 1.54) is 5.69 Å². The molecule has 4 nitrogen and oxygen atoms in total. The molecule has 0 aliphatic rings. The number of aromatic nitrogens is 2. The number of hydrogen-bond donors (Lipinski definition) is 1. The number of nitrogens with one attached hydrogen (secondary N) is 1. The predicted molar refractivity (Wildman–Crippen MR) is 77.4 cm³/mol. The minimum atomic E-state index is 0.803. The molecule has 1 heterocycles. The highest BCUT2D eigenvalue weighted by atomic mass is 16.5. The average Bonchev–Trinajstić information content (AvgIpc) is 2.67. The molecular formula is C15H21N3O. The zero-order valence-corrected chi connectivity index (χ0v) is 12.2. The van der Waals surface area contributed by atoms with E-state index in [9.17, 15) is 0 Å². The first-order valence-electron chi connectivity index (χ1n) is 6.40.